The van der Waals surface area contributed by atoms with Crippen LogP contribution in [0.1, 0.15) is 0 Å². The molecule has 6 heteroatoms. The van der Waals surface area contributed by atoms with Gasteiger partial charge in [-0.15, -0.1) is 0 Å². The summed E-state index contributed by atoms with van der Waals surface area (Å²) in [6, 6.07) is 35.7. The van der Waals surface area contributed by atoms with E-state index in [1.165, 1.54) is 0 Å². The van der Waals surface area contributed by atoms with Crippen molar-refractivity contribution < 1.29 is 8.83 Å². The lowest BCUT2D eigenvalue weighted by molar-refractivity contribution is 0.668. The molecular formula is C33H18ClN3O2. The molecule has 8 rings (SSSR count). The molecule has 0 amide bonds. The molecule has 0 radical (unpaired) electrons. The monoisotopic (exact) mass is 523 g/mol. The number of nitrogens with zero attached hydrogens (tertiary/aromatic N) is 3. The number of benzene rings is 5. The zero-order chi connectivity index (χ0) is 25.9. The number of fused-ring (bicyclic) bond motifs is 6. The molecule has 0 spiro atoms. The minimum absolute atomic E-state index is 0.559. The predicted octanol–water partition coefficient (Wildman–Crippen LogP) is 9.32. The van der Waals surface area contributed by atoms with Gasteiger partial charge in [0.25, 0.3) is 0 Å². The lowest BCUT2D eigenvalue weighted by atomic mass is 10.1. The highest BCUT2D eigenvalue weighted by Gasteiger charge is 2.18. The smallest absolute Gasteiger partial charge is 0.164 e. The molecule has 0 aliphatic carbocycles. The highest BCUT2D eigenvalue weighted by Crippen LogP contribution is 2.37. The van der Waals surface area contributed by atoms with Crippen LogP contribution in [0.3, 0.4) is 0 Å². The van der Waals surface area contributed by atoms with Gasteiger partial charge in [-0.05, 0) is 36.4 Å². The fourth-order valence-corrected chi connectivity index (χ4v) is 5.35. The second kappa shape index (κ2) is 8.51. The number of para-hydroxylation sites is 1. The molecule has 39 heavy (non-hydrogen) atoms. The maximum atomic E-state index is 6.20. The second-order valence-corrected chi connectivity index (χ2v) is 9.84. The van der Waals surface area contributed by atoms with E-state index in [1.807, 2.05) is 103 Å². The average Bonchev–Trinajstić information content (AvgIpc) is 3.54. The summed E-state index contributed by atoms with van der Waals surface area (Å²) in [5.74, 6) is 1.73. The van der Waals surface area contributed by atoms with E-state index in [9.17, 15) is 0 Å². The Kier molecular flexibility index (Phi) is 4.81. The SMILES string of the molecule is Clc1ccc2c(c1)oc1cc(-c3nc(-c4ccccc4)nc(-c4cccc5oc6ccccc6c45)n3)ccc12. The first-order valence-corrected chi connectivity index (χ1v) is 12.9. The molecule has 5 aromatic carbocycles. The van der Waals surface area contributed by atoms with Crippen molar-refractivity contribution in [3.63, 3.8) is 0 Å². The molecule has 0 N–H and O–H groups in total. The van der Waals surface area contributed by atoms with Crippen LogP contribution in [0.25, 0.3) is 78.0 Å². The molecule has 0 fully saturated rings. The molecule has 0 saturated carbocycles. The topological polar surface area (TPSA) is 65.0 Å². The maximum Gasteiger partial charge on any atom is 0.164 e. The highest BCUT2D eigenvalue weighted by molar-refractivity contribution is 6.31. The first-order chi connectivity index (χ1) is 19.2. The summed E-state index contributed by atoms with van der Waals surface area (Å²) in [5.41, 5.74) is 5.74. The van der Waals surface area contributed by atoms with Crippen molar-refractivity contribution in [1.82, 2.24) is 15.0 Å². The Morgan fingerprint density at radius 3 is 2.00 bits per heavy atom. The van der Waals surface area contributed by atoms with Gasteiger partial charge in [-0.25, -0.2) is 15.0 Å². The molecule has 3 heterocycles. The molecule has 3 aromatic heterocycles. The normalized spacial score (nSPS) is 11.7. The van der Waals surface area contributed by atoms with E-state index in [0.717, 1.165) is 60.6 Å². The van der Waals surface area contributed by atoms with Crippen LogP contribution in [-0.4, -0.2) is 15.0 Å². The first kappa shape index (κ1) is 22.0. The molecule has 0 saturated heterocycles. The van der Waals surface area contributed by atoms with Gasteiger partial charge in [-0.2, -0.15) is 0 Å². The Bertz CT molecular complexity index is 2200. The van der Waals surface area contributed by atoms with Crippen molar-refractivity contribution in [3.05, 3.63) is 114 Å². The van der Waals surface area contributed by atoms with Gasteiger partial charge in [0.1, 0.15) is 22.3 Å². The molecular weight excluding hydrogens is 506 g/mol. The molecule has 0 unspecified atom stereocenters. The van der Waals surface area contributed by atoms with Crippen molar-refractivity contribution in [2.24, 2.45) is 0 Å². The minimum Gasteiger partial charge on any atom is -0.456 e. The van der Waals surface area contributed by atoms with Crippen LogP contribution in [-0.2, 0) is 0 Å². The van der Waals surface area contributed by atoms with Crippen molar-refractivity contribution in [2.45, 2.75) is 0 Å². The summed E-state index contributed by atoms with van der Waals surface area (Å²) >= 11 is 6.20. The fourth-order valence-electron chi connectivity index (χ4n) is 5.19. The average molecular weight is 524 g/mol. The summed E-state index contributed by atoms with van der Waals surface area (Å²) in [4.78, 5) is 14.8. The Labute approximate surface area is 227 Å². The highest BCUT2D eigenvalue weighted by atomic mass is 35.5. The van der Waals surface area contributed by atoms with Crippen LogP contribution >= 0.6 is 11.6 Å². The van der Waals surface area contributed by atoms with E-state index in [4.69, 9.17) is 35.4 Å². The number of rotatable bonds is 3. The van der Waals surface area contributed by atoms with E-state index in [-0.39, 0.29) is 0 Å². The van der Waals surface area contributed by atoms with Gasteiger partial charge in [-0.1, -0.05) is 78.3 Å². The van der Waals surface area contributed by atoms with Crippen LogP contribution in [0.4, 0.5) is 0 Å². The third kappa shape index (κ3) is 3.59. The number of furan rings is 2. The third-order valence-corrected chi connectivity index (χ3v) is 7.24. The first-order valence-electron chi connectivity index (χ1n) is 12.6. The van der Waals surface area contributed by atoms with E-state index >= 15 is 0 Å². The number of hydrogen-bond donors (Lipinski definition) is 0. The van der Waals surface area contributed by atoms with E-state index in [0.29, 0.717) is 22.5 Å². The molecule has 0 aliphatic heterocycles. The third-order valence-electron chi connectivity index (χ3n) is 7.00. The number of hydrogen-bond acceptors (Lipinski definition) is 5. The van der Waals surface area contributed by atoms with E-state index in [1.54, 1.807) is 0 Å². The number of halogens is 1. The quantitative estimate of drug-likeness (QED) is 0.231. The fraction of sp³-hybridized carbons (Fsp3) is 0. The summed E-state index contributed by atoms with van der Waals surface area (Å²) in [6.07, 6.45) is 0. The van der Waals surface area contributed by atoms with E-state index in [2.05, 4.69) is 6.07 Å². The predicted molar refractivity (Wildman–Crippen MR) is 156 cm³/mol. The van der Waals surface area contributed by atoms with Gasteiger partial charge in [-0.3, -0.25) is 0 Å². The number of aromatic nitrogens is 3. The summed E-state index contributed by atoms with van der Waals surface area (Å²) in [6.45, 7) is 0. The molecule has 5 nitrogen and oxygen atoms in total. The van der Waals surface area contributed by atoms with Crippen molar-refractivity contribution in [1.29, 1.82) is 0 Å². The van der Waals surface area contributed by atoms with Gasteiger partial charge in [0.15, 0.2) is 17.5 Å². The Morgan fingerprint density at radius 1 is 0.462 bits per heavy atom. The molecule has 0 atom stereocenters. The Balaban J connectivity index is 1.38. The Hall–Kier alpha value is -5.00. The van der Waals surface area contributed by atoms with E-state index < -0.39 is 0 Å². The molecule has 184 valence electrons. The standard InChI is InChI=1S/C33H18ClN3O2/c34-21-14-16-23-22-15-13-20(17-28(22)39-29(23)18-21)32-35-31(19-7-2-1-3-8-19)36-33(37-32)25-10-6-12-27-30(25)24-9-4-5-11-26(24)38-27/h1-18H. The van der Waals surface area contributed by atoms with Crippen LogP contribution in [0.5, 0.6) is 0 Å². The van der Waals surface area contributed by atoms with Crippen LogP contribution in [0.2, 0.25) is 5.02 Å². The second-order valence-electron chi connectivity index (χ2n) is 9.40. The van der Waals surface area contributed by atoms with Gasteiger partial charge in [0, 0.05) is 49.3 Å². The zero-order valence-corrected chi connectivity index (χ0v) is 21.2. The maximum absolute atomic E-state index is 6.20. The molecule has 0 bridgehead atoms. The van der Waals surface area contributed by atoms with Crippen LogP contribution in [0.15, 0.2) is 118 Å². The summed E-state index contributed by atoms with van der Waals surface area (Å²) in [7, 11) is 0. The largest absolute Gasteiger partial charge is 0.456 e. The molecule has 0 aliphatic rings. The summed E-state index contributed by atoms with van der Waals surface area (Å²) < 4.78 is 12.3. The lowest BCUT2D eigenvalue weighted by Crippen LogP contribution is -2.00. The van der Waals surface area contributed by atoms with Crippen LogP contribution < -0.4 is 0 Å². The Morgan fingerprint density at radius 2 is 1.13 bits per heavy atom. The van der Waals surface area contributed by atoms with Crippen molar-refractivity contribution >= 4 is 55.5 Å². The van der Waals surface area contributed by atoms with Crippen molar-refractivity contribution in [2.75, 3.05) is 0 Å². The summed E-state index contributed by atoms with van der Waals surface area (Å²) in [5, 5.41) is 4.67. The van der Waals surface area contributed by atoms with Crippen LogP contribution in [0, 0.1) is 0 Å². The van der Waals surface area contributed by atoms with Gasteiger partial charge in [0.05, 0.1) is 0 Å². The minimum atomic E-state index is 0.559. The van der Waals surface area contributed by atoms with Gasteiger partial charge >= 0.3 is 0 Å². The lowest BCUT2D eigenvalue weighted by Gasteiger charge is -2.09. The molecule has 8 aromatic rings. The van der Waals surface area contributed by atoms with Gasteiger partial charge < -0.3 is 8.83 Å². The zero-order valence-electron chi connectivity index (χ0n) is 20.4. The van der Waals surface area contributed by atoms with Crippen molar-refractivity contribution in [3.8, 4) is 34.2 Å². The van der Waals surface area contributed by atoms with Gasteiger partial charge in [0.2, 0.25) is 0 Å².